The summed E-state index contributed by atoms with van der Waals surface area (Å²) in [5.74, 6) is -1.47. The van der Waals surface area contributed by atoms with Crippen LogP contribution in [0.1, 0.15) is 15.9 Å². The van der Waals surface area contributed by atoms with Crippen molar-refractivity contribution in [3.8, 4) is 11.5 Å². The fourth-order valence-corrected chi connectivity index (χ4v) is 2.36. The van der Waals surface area contributed by atoms with Gasteiger partial charge in [0.05, 0.1) is 12.7 Å². The second-order valence-electron chi connectivity index (χ2n) is 5.20. The van der Waals surface area contributed by atoms with Gasteiger partial charge in [-0.1, -0.05) is 0 Å². The first-order valence-electron chi connectivity index (χ1n) is 7.24. The van der Waals surface area contributed by atoms with Crippen LogP contribution < -0.4 is 10.4 Å². The minimum atomic E-state index is -0.748. The molecule has 0 aliphatic carbocycles. The Hall–Kier alpha value is -3.35. The molecule has 0 saturated carbocycles. The van der Waals surface area contributed by atoms with Gasteiger partial charge in [0, 0.05) is 23.1 Å². The number of ether oxygens (including phenoxy) is 2. The lowest BCUT2D eigenvalue weighted by atomic mass is 10.1. The molecule has 7 heteroatoms. The number of halogens is 1. The van der Waals surface area contributed by atoms with Gasteiger partial charge in [-0.25, -0.2) is 14.0 Å². The minimum absolute atomic E-state index is 0.0167. The Morgan fingerprint density at radius 3 is 2.72 bits per heavy atom. The Labute approximate surface area is 141 Å². The van der Waals surface area contributed by atoms with Gasteiger partial charge < -0.3 is 19.0 Å². The van der Waals surface area contributed by atoms with Crippen molar-refractivity contribution < 1.29 is 28.2 Å². The molecule has 128 valence electrons. The number of fused-ring (bicyclic) bond motifs is 1. The molecule has 0 saturated heterocycles. The molecule has 0 unspecified atom stereocenters. The van der Waals surface area contributed by atoms with Crippen LogP contribution in [0, 0.1) is 5.82 Å². The largest absolute Gasteiger partial charge is 0.508 e. The average molecular weight is 344 g/mol. The number of phenols is 1. The third-order valence-electron chi connectivity index (χ3n) is 3.56. The molecule has 1 heterocycles. The van der Waals surface area contributed by atoms with E-state index in [4.69, 9.17) is 13.9 Å². The molecular formula is C18H13FO6. The molecule has 1 N–H and O–H groups in total. The van der Waals surface area contributed by atoms with Crippen LogP contribution in [0.4, 0.5) is 4.39 Å². The SMILES string of the molecule is COc1ccc(C(=O)OCc2cc(=O)oc3cc(O)ccc23)cc1F. The Balaban J connectivity index is 1.84. The van der Waals surface area contributed by atoms with Crippen molar-refractivity contribution in [2.45, 2.75) is 6.61 Å². The molecule has 0 fully saturated rings. The van der Waals surface area contributed by atoms with E-state index >= 15 is 0 Å². The molecule has 2 aromatic carbocycles. The van der Waals surface area contributed by atoms with Gasteiger partial charge >= 0.3 is 11.6 Å². The Morgan fingerprint density at radius 2 is 2.00 bits per heavy atom. The Morgan fingerprint density at radius 1 is 1.20 bits per heavy atom. The average Bonchev–Trinajstić information content (AvgIpc) is 2.58. The van der Waals surface area contributed by atoms with Crippen molar-refractivity contribution in [2.24, 2.45) is 0 Å². The van der Waals surface area contributed by atoms with Gasteiger partial charge in [-0.2, -0.15) is 0 Å². The zero-order chi connectivity index (χ0) is 18.0. The first-order valence-corrected chi connectivity index (χ1v) is 7.24. The highest BCUT2D eigenvalue weighted by atomic mass is 19.1. The van der Waals surface area contributed by atoms with Crippen LogP contribution in [0.5, 0.6) is 11.5 Å². The van der Waals surface area contributed by atoms with E-state index in [0.717, 1.165) is 6.07 Å². The number of carbonyl (C=O) groups excluding carboxylic acids is 1. The number of benzene rings is 2. The van der Waals surface area contributed by atoms with Crippen LogP contribution in [0.2, 0.25) is 0 Å². The highest BCUT2D eigenvalue weighted by molar-refractivity contribution is 5.90. The third-order valence-corrected chi connectivity index (χ3v) is 3.56. The van der Waals surface area contributed by atoms with Crippen molar-refractivity contribution in [3.63, 3.8) is 0 Å². The molecule has 3 rings (SSSR count). The van der Waals surface area contributed by atoms with Gasteiger partial charge in [-0.3, -0.25) is 0 Å². The van der Waals surface area contributed by atoms with E-state index in [0.29, 0.717) is 10.9 Å². The lowest BCUT2D eigenvalue weighted by Gasteiger charge is -2.08. The maximum atomic E-state index is 13.7. The van der Waals surface area contributed by atoms with Crippen molar-refractivity contribution in [1.29, 1.82) is 0 Å². The van der Waals surface area contributed by atoms with E-state index in [-0.39, 0.29) is 29.3 Å². The lowest BCUT2D eigenvalue weighted by molar-refractivity contribution is 0.0473. The van der Waals surface area contributed by atoms with Crippen LogP contribution in [0.25, 0.3) is 11.0 Å². The predicted octanol–water partition coefficient (Wildman–Crippen LogP) is 3.00. The summed E-state index contributed by atoms with van der Waals surface area (Å²) in [6.07, 6.45) is 0. The fourth-order valence-electron chi connectivity index (χ4n) is 2.36. The molecule has 1 aromatic heterocycles. The summed E-state index contributed by atoms with van der Waals surface area (Å²) in [4.78, 5) is 23.7. The number of aromatic hydroxyl groups is 1. The molecule has 0 bridgehead atoms. The van der Waals surface area contributed by atoms with Crippen molar-refractivity contribution in [3.05, 3.63) is 69.8 Å². The maximum absolute atomic E-state index is 13.7. The van der Waals surface area contributed by atoms with E-state index < -0.39 is 17.4 Å². The van der Waals surface area contributed by atoms with Crippen LogP contribution in [-0.4, -0.2) is 18.2 Å². The minimum Gasteiger partial charge on any atom is -0.508 e. The first kappa shape index (κ1) is 16.5. The van der Waals surface area contributed by atoms with E-state index in [2.05, 4.69) is 0 Å². The molecule has 0 atom stereocenters. The number of hydrogen-bond acceptors (Lipinski definition) is 6. The summed E-state index contributed by atoms with van der Waals surface area (Å²) >= 11 is 0. The van der Waals surface area contributed by atoms with Crippen LogP contribution in [0.3, 0.4) is 0 Å². The number of methoxy groups -OCH3 is 1. The zero-order valence-electron chi connectivity index (χ0n) is 13.1. The number of rotatable bonds is 4. The molecule has 6 nitrogen and oxygen atoms in total. The number of carbonyl (C=O) groups is 1. The van der Waals surface area contributed by atoms with Crippen LogP contribution in [0.15, 0.2) is 51.7 Å². The third kappa shape index (κ3) is 3.45. The summed E-state index contributed by atoms with van der Waals surface area (Å²) in [7, 11) is 1.32. The van der Waals surface area contributed by atoms with Crippen molar-refractivity contribution in [2.75, 3.05) is 7.11 Å². The molecule has 25 heavy (non-hydrogen) atoms. The van der Waals surface area contributed by atoms with Gasteiger partial charge in [0.1, 0.15) is 17.9 Å². The predicted molar refractivity (Wildman–Crippen MR) is 86.2 cm³/mol. The summed E-state index contributed by atoms with van der Waals surface area (Å²) < 4.78 is 28.6. The first-order chi connectivity index (χ1) is 12.0. The normalized spacial score (nSPS) is 10.6. The fraction of sp³-hybridized carbons (Fsp3) is 0.111. The molecule has 0 amide bonds. The van der Waals surface area contributed by atoms with Gasteiger partial charge in [0.2, 0.25) is 0 Å². The highest BCUT2D eigenvalue weighted by Gasteiger charge is 2.13. The Bertz CT molecular complexity index is 1010. The van der Waals surface area contributed by atoms with Crippen molar-refractivity contribution >= 4 is 16.9 Å². The van der Waals surface area contributed by atoms with E-state index in [1.807, 2.05) is 0 Å². The monoisotopic (exact) mass is 344 g/mol. The number of hydrogen-bond donors (Lipinski definition) is 1. The molecule has 0 radical (unpaired) electrons. The van der Waals surface area contributed by atoms with Gasteiger partial charge in [0.25, 0.3) is 0 Å². The lowest BCUT2D eigenvalue weighted by Crippen LogP contribution is -2.08. The quantitative estimate of drug-likeness (QED) is 0.578. The van der Waals surface area contributed by atoms with Gasteiger partial charge in [-0.15, -0.1) is 0 Å². The van der Waals surface area contributed by atoms with Crippen molar-refractivity contribution in [1.82, 2.24) is 0 Å². The number of esters is 1. The van der Waals surface area contributed by atoms with Crippen LogP contribution in [-0.2, 0) is 11.3 Å². The second-order valence-corrected chi connectivity index (χ2v) is 5.20. The van der Waals surface area contributed by atoms with Gasteiger partial charge in [0.15, 0.2) is 11.6 Å². The maximum Gasteiger partial charge on any atom is 0.338 e. The van der Waals surface area contributed by atoms with Gasteiger partial charge in [-0.05, 0) is 30.3 Å². The summed E-state index contributed by atoms with van der Waals surface area (Å²) in [6.45, 7) is -0.209. The summed E-state index contributed by atoms with van der Waals surface area (Å²) in [6, 6.07) is 9.16. The van der Waals surface area contributed by atoms with E-state index in [9.17, 15) is 19.1 Å². The molecule has 0 aliphatic heterocycles. The summed E-state index contributed by atoms with van der Waals surface area (Å²) in [5.41, 5.74) is -0.0366. The molecule has 0 aliphatic rings. The standard InChI is InChI=1S/C18H13FO6/c1-23-15-5-2-10(6-14(15)19)18(22)24-9-11-7-17(21)25-16-8-12(20)3-4-13(11)16/h2-8,20H,9H2,1H3. The smallest absolute Gasteiger partial charge is 0.338 e. The molecule has 3 aromatic rings. The van der Waals surface area contributed by atoms with E-state index in [1.54, 1.807) is 6.07 Å². The highest BCUT2D eigenvalue weighted by Crippen LogP contribution is 2.23. The summed E-state index contributed by atoms with van der Waals surface area (Å²) in [5, 5.41) is 9.97. The second kappa shape index (κ2) is 6.64. The molecule has 0 spiro atoms. The number of phenolic OH excluding ortho intramolecular Hbond substituents is 1. The zero-order valence-corrected chi connectivity index (χ0v) is 13.1. The van der Waals surface area contributed by atoms with E-state index in [1.165, 1.54) is 37.4 Å². The topological polar surface area (TPSA) is 86.0 Å². The Kier molecular flexibility index (Phi) is 4.38. The van der Waals surface area contributed by atoms with Crippen LogP contribution >= 0.6 is 0 Å². The molecular weight excluding hydrogens is 331 g/mol.